The maximum absolute atomic E-state index is 11.4. The molecule has 0 heterocycles. The number of nitrogens with one attached hydrogen (secondary N) is 2. The summed E-state index contributed by atoms with van der Waals surface area (Å²) in [5.74, 6) is -0.0850. The predicted molar refractivity (Wildman–Crippen MR) is 86.3 cm³/mol. The second kappa shape index (κ2) is 6.77. The van der Waals surface area contributed by atoms with Gasteiger partial charge >= 0.3 is 0 Å². The fourth-order valence-electron chi connectivity index (χ4n) is 1.74. The van der Waals surface area contributed by atoms with Crippen LogP contribution in [-0.4, -0.2) is 13.0 Å². The summed E-state index contributed by atoms with van der Waals surface area (Å²) in [4.78, 5) is 11.4. The van der Waals surface area contributed by atoms with Gasteiger partial charge in [0.05, 0.1) is 5.02 Å². The van der Waals surface area contributed by atoms with Gasteiger partial charge in [-0.2, -0.15) is 0 Å². The second-order valence-electron chi connectivity index (χ2n) is 4.26. The molecule has 1 amide bonds. The standard InChI is InChI=1S/C15H14BrClN2O/c1-18-15(20)11-3-5-12(6-4-11)19-9-10-2-7-14(17)13(16)8-10/h2-8,19H,9H2,1H3,(H,18,20). The molecule has 0 aromatic heterocycles. The minimum atomic E-state index is -0.0850. The second-order valence-corrected chi connectivity index (χ2v) is 5.52. The summed E-state index contributed by atoms with van der Waals surface area (Å²) in [7, 11) is 1.62. The molecule has 104 valence electrons. The van der Waals surface area contributed by atoms with Crippen LogP contribution in [0.15, 0.2) is 46.9 Å². The zero-order chi connectivity index (χ0) is 14.5. The summed E-state index contributed by atoms with van der Waals surface area (Å²) in [6.45, 7) is 0.690. The van der Waals surface area contributed by atoms with Gasteiger partial charge in [0.1, 0.15) is 0 Å². The summed E-state index contributed by atoms with van der Waals surface area (Å²) < 4.78 is 0.883. The lowest BCUT2D eigenvalue weighted by molar-refractivity contribution is 0.0963. The van der Waals surface area contributed by atoms with Crippen molar-refractivity contribution in [3.8, 4) is 0 Å². The summed E-state index contributed by atoms with van der Waals surface area (Å²) in [6, 6.07) is 13.2. The molecule has 2 aromatic carbocycles. The van der Waals surface area contributed by atoms with Crippen molar-refractivity contribution in [2.45, 2.75) is 6.54 Å². The molecule has 3 nitrogen and oxygen atoms in total. The zero-order valence-electron chi connectivity index (χ0n) is 10.9. The molecule has 0 spiro atoms. The summed E-state index contributed by atoms with van der Waals surface area (Å²) in [5.41, 5.74) is 2.73. The first-order valence-electron chi connectivity index (χ1n) is 6.10. The molecule has 0 saturated carbocycles. The number of amides is 1. The van der Waals surface area contributed by atoms with Gasteiger partial charge in [0, 0.05) is 29.3 Å². The van der Waals surface area contributed by atoms with E-state index in [0.29, 0.717) is 17.1 Å². The summed E-state index contributed by atoms with van der Waals surface area (Å²) in [6.07, 6.45) is 0. The molecule has 20 heavy (non-hydrogen) atoms. The molecule has 0 saturated heterocycles. The van der Waals surface area contributed by atoms with E-state index in [1.807, 2.05) is 30.3 Å². The van der Waals surface area contributed by atoms with Gasteiger partial charge in [0.2, 0.25) is 0 Å². The Hall–Kier alpha value is -1.52. The van der Waals surface area contributed by atoms with Gasteiger partial charge in [0.15, 0.2) is 0 Å². The first kappa shape index (κ1) is 14.9. The highest BCUT2D eigenvalue weighted by Gasteiger charge is 2.03. The first-order chi connectivity index (χ1) is 9.60. The molecular weight excluding hydrogens is 340 g/mol. The lowest BCUT2D eigenvalue weighted by Crippen LogP contribution is -2.17. The molecule has 0 atom stereocenters. The highest BCUT2D eigenvalue weighted by Crippen LogP contribution is 2.23. The van der Waals surface area contributed by atoms with Crippen LogP contribution in [0.2, 0.25) is 5.02 Å². The van der Waals surface area contributed by atoms with Crippen LogP contribution in [0.3, 0.4) is 0 Å². The Bertz CT molecular complexity index is 614. The molecule has 0 aliphatic carbocycles. The van der Waals surface area contributed by atoms with Crippen molar-refractivity contribution in [3.63, 3.8) is 0 Å². The maximum atomic E-state index is 11.4. The molecule has 5 heteroatoms. The van der Waals surface area contributed by atoms with Crippen molar-refractivity contribution in [1.82, 2.24) is 5.32 Å². The lowest BCUT2D eigenvalue weighted by atomic mass is 10.2. The number of carbonyl (C=O) groups excluding carboxylic acids is 1. The van der Waals surface area contributed by atoms with Crippen molar-refractivity contribution >= 4 is 39.1 Å². The van der Waals surface area contributed by atoms with Crippen LogP contribution in [-0.2, 0) is 6.54 Å². The van der Waals surface area contributed by atoms with Crippen molar-refractivity contribution < 1.29 is 4.79 Å². The highest BCUT2D eigenvalue weighted by molar-refractivity contribution is 9.10. The molecule has 2 rings (SSSR count). The van der Waals surface area contributed by atoms with Crippen LogP contribution in [0.25, 0.3) is 0 Å². The van der Waals surface area contributed by atoms with Gasteiger partial charge in [-0.3, -0.25) is 4.79 Å². The number of halogens is 2. The van der Waals surface area contributed by atoms with Crippen molar-refractivity contribution in [2.24, 2.45) is 0 Å². The van der Waals surface area contributed by atoms with Crippen molar-refractivity contribution in [2.75, 3.05) is 12.4 Å². The SMILES string of the molecule is CNC(=O)c1ccc(NCc2ccc(Cl)c(Br)c2)cc1. The van der Waals surface area contributed by atoms with Gasteiger partial charge in [0.25, 0.3) is 5.91 Å². The zero-order valence-corrected chi connectivity index (χ0v) is 13.3. The minimum Gasteiger partial charge on any atom is -0.381 e. The number of hydrogen-bond acceptors (Lipinski definition) is 2. The Morgan fingerprint density at radius 2 is 1.90 bits per heavy atom. The Labute approximate surface area is 131 Å². The monoisotopic (exact) mass is 352 g/mol. The van der Waals surface area contributed by atoms with E-state index >= 15 is 0 Å². The molecule has 0 unspecified atom stereocenters. The van der Waals surface area contributed by atoms with Gasteiger partial charge < -0.3 is 10.6 Å². The number of anilines is 1. The van der Waals surface area contributed by atoms with E-state index in [9.17, 15) is 4.79 Å². The van der Waals surface area contributed by atoms with Gasteiger partial charge in [-0.05, 0) is 57.9 Å². The average molecular weight is 354 g/mol. The van der Waals surface area contributed by atoms with Crippen LogP contribution in [0.4, 0.5) is 5.69 Å². The normalized spacial score (nSPS) is 10.2. The maximum Gasteiger partial charge on any atom is 0.251 e. The molecule has 0 bridgehead atoms. The lowest BCUT2D eigenvalue weighted by Gasteiger charge is -2.08. The van der Waals surface area contributed by atoms with E-state index in [1.54, 1.807) is 19.2 Å². The Morgan fingerprint density at radius 1 is 1.20 bits per heavy atom. The third-order valence-electron chi connectivity index (χ3n) is 2.85. The number of carbonyl (C=O) groups is 1. The highest BCUT2D eigenvalue weighted by atomic mass is 79.9. The molecular formula is C15H14BrClN2O. The number of rotatable bonds is 4. The number of hydrogen-bond donors (Lipinski definition) is 2. The molecule has 0 fully saturated rings. The van der Waals surface area contributed by atoms with E-state index in [4.69, 9.17) is 11.6 Å². The summed E-state index contributed by atoms with van der Waals surface area (Å²) >= 11 is 9.35. The van der Waals surface area contributed by atoms with Crippen LogP contribution < -0.4 is 10.6 Å². The van der Waals surface area contributed by atoms with E-state index in [1.165, 1.54) is 0 Å². The van der Waals surface area contributed by atoms with Gasteiger partial charge in [-0.1, -0.05) is 17.7 Å². The van der Waals surface area contributed by atoms with E-state index < -0.39 is 0 Å². The topological polar surface area (TPSA) is 41.1 Å². The Balaban J connectivity index is 2.00. The quantitative estimate of drug-likeness (QED) is 0.870. The van der Waals surface area contributed by atoms with Crippen LogP contribution in [0, 0.1) is 0 Å². The van der Waals surface area contributed by atoms with Crippen molar-refractivity contribution in [1.29, 1.82) is 0 Å². The van der Waals surface area contributed by atoms with E-state index in [-0.39, 0.29) is 5.91 Å². The predicted octanol–water partition coefficient (Wildman–Crippen LogP) is 4.07. The average Bonchev–Trinajstić information content (AvgIpc) is 2.48. The Kier molecular flexibility index (Phi) is 5.04. The third-order valence-corrected chi connectivity index (χ3v) is 4.07. The van der Waals surface area contributed by atoms with Gasteiger partial charge in [-0.15, -0.1) is 0 Å². The molecule has 0 aliphatic rings. The molecule has 0 radical (unpaired) electrons. The summed E-state index contributed by atoms with van der Waals surface area (Å²) in [5, 5.41) is 6.59. The molecule has 2 aromatic rings. The molecule has 0 aliphatic heterocycles. The largest absolute Gasteiger partial charge is 0.381 e. The number of benzene rings is 2. The minimum absolute atomic E-state index is 0.0850. The van der Waals surface area contributed by atoms with Gasteiger partial charge in [-0.25, -0.2) is 0 Å². The fourth-order valence-corrected chi connectivity index (χ4v) is 2.28. The van der Waals surface area contributed by atoms with Crippen molar-refractivity contribution in [3.05, 3.63) is 63.1 Å². The molecule has 2 N–H and O–H groups in total. The van der Waals surface area contributed by atoms with Crippen LogP contribution in [0.1, 0.15) is 15.9 Å². The van der Waals surface area contributed by atoms with Crippen LogP contribution in [0.5, 0.6) is 0 Å². The third kappa shape index (κ3) is 3.74. The van der Waals surface area contributed by atoms with E-state index in [0.717, 1.165) is 15.7 Å². The smallest absolute Gasteiger partial charge is 0.251 e. The first-order valence-corrected chi connectivity index (χ1v) is 7.27. The van der Waals surface area contributed by atoms with E-state index in [2.05, 4.69) is 26.6 Å². The Morgan fingerprint density at radius 3 is 2.50 bits per heavy atom. The fraction of sp³-hybridized carbons (Fsp3) is 0.133. The van der Waals surface area contributed by atoms with Crippen LogP contribution >= 0.6 is 27.5 Å².